The van der Waals surface area contributed by atoms with Gasteiger partial charge in [0.1, 0.15) is 31.0 Å². The van der Waals surface area contributed by atoms with Crippen LogP contribution in [-0.2, 0) is 33.3 Å². The first-order chi connectivity index (χ1) is 35.2. The van der Waals surface area contributed by atoms with Gasteiger partial charge >= 0.3 is 11.9 Å². The van der Waals surface area contributed by atoms with Crippen molar-refractivity contribution in [1.29, 1.82) is 0 Å². The summed E-state index contributed by atoms with van der Waals surface area (Å²) >= 11 is 0. The van der Waals surface area contributed by atoms with Crippen LogP contribution in [0.3, 0.4) is 0 Å². The van der Waals surface area contributed by atoms with Gasteiger partial charge in [0.15, 0.2) is 12.4 Å². The van der Waals surface area contributed by atoms with Gasteiger partial charge in [0, 0.05) is 25.8 Å². The van der Waals surface area contributed by atoms with Gasteiger partial charge in [-0.15, -0.1) is 0 Å². The number of hydrogen-bond donors (Lipinski definition) is 4. The lowest BCUT2D eigenvalue weighted by molar-refractivity contribution is -0.299. The zero-order valence-corrected chi connectivity index (χ0v) is 47.3. The first-order valence-electron chi connectivity index (χ1n) is 31.2. The molecule has 426 valence electrons. The Hall–Kier alpha value is -1.79. The van der Waals surface area contributed by atoms with E-state index in [1.54, 1.807) is 0 Å². The van der Waals surface area contributed by atoms with E-state index in [2.05, 4.69) is 26.1 Å². The molecule has 0 aliphatic carbocycles. The molecule has 1 aliphatic heterocycles. The van der Waals surface area contributed by atoms with Crippen molar-refractivity contribution in [1.82, 2.24) is 5.32 Å². The summed E-state index contributed by atoms with van der Waals surface area (Å²) in [6.07, 6.45) is 45.8. The summed E-state index contributed by atoms with van der Waals surface area (Å²) in [5, 5.41) is 35.1. The number of carbonyl (C=O) groups is 3. The van der Waals surface area contributed by atoms with Crippen LogP contribution in [0, 0.1) is 0 Å². The van der Waals surface area contributed by atoms with Crippen LogP contribution in [0.15, 0.2) is 0 Å². The smallest absolute Gasteiger partial charge is 0.306 e. The molecule has 0 aromatic heterocycles. The average molecular weight is 1020 g/mol. The topological polar surface area (TPSA) is 161 Å². The van der Waals surface area contributed by atoms with Crippen LogP contribution in [0.25, 0.3) is 0 Å². The van der Waals surface area contributed by atoms with E-state index < -0.39 is 42.8 Å². The normalized spacial score (nSPS) is 18.3. The molecule has 0 aromatic rings. The Bertz CT molecular complexity index is 1210. The third-order valence-electron chi connectivity index (χ3n) is 14.8. The predicted octanol–water partition coefficient (Wildman–Crippen LogP) is 15.4. The van der Waals surface area contributed by atoms with Crippen molar-refractivity contribution >= 4 is 17.8 Å². The second-order valence-corrected chi connectivity index (χ2v) is 21.8. The number of unbranched alkanes of at least 4 members (excludes halogenated alkanes) is 40. The van der Waals surface area contributed by atoms with Gasteiger partial charge in [-0.1, -0.05) is 278 Å². The van der Waals surface area contributed by atoms with Crippen LogP contribution in [0.2, 0.25) is 0 Å². The van der Waals surface area contributed by atoms with E-state index in [9.17, 15) is 29.7 Å². The fraction of sp³-hybridized carbons (Fsp3) is 0.951. The maximum absolute atomic E-state index is 13.1. The highest BCUT2D eigenvalue weighted by molar-refractivity contribution is 5.75. The van der Waals surface area contributed by atoms with Gasteiger partial charge < -0.3 is 39.6 Å². The zero-order valence-electron chi connectivity index (χ0n) is 47.3. The highest BCUT2D eigenvalue weighted by Crippen LogP contribution is 2.23. The van der Waals surface area contributed by atoms with E-state index in [1.165, 1.54) is 212 Å². The standard InChI is InChI=1S/C61H117NO10/c1-4-7-10-13-16-19-22-25-27-30-32-35-38-41-44-47-55(63)62-50-54-58(66)59(67)60(68)61(72-54)70-52-53(51-69-56(64)48-45-42-39-36-33-29-24-21-18-15-12-9-6-3)71-57(65)49-46-43-40-37-34-31-28-26-23-20-17-14-11-8-5-2/h53-54,58-61,66-68H,4-52H2,1-3H3,(H,62,63)/t53-,54-,58-,59+,60-,61+/m1/s1. The van der Waals surface area contributed by atoms with Gasteiger partial charge in [0.05, 0.1) is 6.61 Å². The summed E-state index contributed by atoms with van der Waals surface area (Å²) in [7, 11) is 0. The number of esters is 2. The lowest BCUT2D eigenvalue weighted by atomic mass is 9.98. The molecule has 1 fully saturated rings. The molecular formula is C61H117NO10. The van der Waals surface area contributed by atoms with Crippen molar-refractivity contribution in [3.63, 3.8) is 0 Å². The highest BCUT2D eigenvalue weighted by atomic mass is 16.7. The van der Waals surface area contributed by atoms with Crippen LogP contribution in [0.4, 0.5) is 0 Å². The Morgan fingerprint density at radius 3 is 1.08 bits per heavy atom. The maximum Gasteiger partial charge on any atom is 0.306 e. The summed E-state index contributed by atoms with van der Waals surface area (Å²) in [4.78, 5) is 38.6. The predicted molar refractivity (Wildman–Crippen MR) is 296 cm³/mol. The highest BCUT2D eigenvalue weighted by Gasteiger charge is 2.44. The fourth-order valence-corrected chi connectivity index (χ4v) is 9.93. The lowest BCUT2D eigenvalue weighted by Gasteiger charge is -2.40. The minimum absolute atomic E-state index is 0.0726. The quantitative estimate of drug-likeness (QED) is 0.0341. The molecule has 1 amide bonds. The molecule has 11 nitrogen and oxygen atoms in total. The van der Waals surface area contributed by atoms with Crippen LogP contribution >= 0.6 is 0 Å². The second kappa shape index (κ2) is 51.3. The summed E-state index contributed by atoms with van der Waals surface area (Å²) in [6.45, 7) is 6.22. The Balaban J connectivity index is 2.49. The third-order valence-corrected chi connectivity index (χ3v) is 14.8. The summed E-state index contributed by atoms with van der Waals surface area (Å²) < 4.78 is 23.2. The monoisotopic (exact) mass is 1020 g/mol. The first-order valence-corrected chi connectivity index (χ1v) is 31.2. The van der Waals surface area contributed by atoms with Gasteiger partial charge in [-0.05, 0) is 19.3 Å². The minimum atomic E-state index is -1.60. The average Bonchev–Trinajstić information content (AvgIpc) is 3.37. The van der Waals surface area contributed by atoms with Gasteiger partial charge in [-0.3, -0.25) is 14.4 Å². The molecule has 11 heteroatoms. The van der Waals surface area contributed by atoms with Gasteiger partial charge in [0.2, 0.25) is 5.91 Å². The number of nitrogens with one attached hydrogen (secondary N) is 1. The molecular weight excluding hydrogens is 907 g/mol. The fourth-order valence-electron chi connectivity index (χ4n) is 9.93. The van der Waals surface area contributed by atoms with Crippen molar-refractivity contribution in [2.24, 2.45) is 0 Å². The zero-order chi connectivity index (χ0) is 52.4. The summed E-state index contributed by atoms with van der Waals surface area (Å²) in [5.41, 5.74) is 0. The Kier molecular flexibility index (Phi) is 48.6. The number of aliphatic hydroxyl groups is 3. The number of carbonyl (C=O) groups excluding carboxylic acids is 3. The van der Waals surface area contributed by atoms with Crippen molar-refractivity contribution in [3.05, 3.63) is 0 Å². The molecule has 0 radical (unpaired) electrons. The Morgan fingerprint density at radius 1 is 0.403 bits per heavy atom. The SMILES string of the molecule is CCCCCCCCCCCCCCCCCC(=O)NC[C@H]1O[C@H](OC[C@@H](COC(=O)CCCCCCCCCCCCCCC)OC(=O)CCCCCCCCCCCCCCCCC)[C@H](O)[C@@H](O)[C@@H]1O. The van der Waals surface area contributed by atoms with Crippen molar-refractivity contribution in [3.8, 4) is 0 Å². The molecule has 0 aromatic carbocycles. The first kappa shape index (κ1) is 68.2. The van der Waals surface area contributed by atoms with E-state index in [1.807, 2.05) is 0 Å². The molecule has 1 heterocycles. The minimum Gasteiger partial charge on any atom is -0.462 e. The molecule has 1 saturated heterocycles. The van der Waals surface area contributed by atoms with Gasteiger partial charge in [-0.25, -0.2) is 0 Å². The van der Waals surface area contributed by atoms with E-state index in [0.717, 1.165) is 57.8 Å². The van der Waals surface area contributed by atoms with Crippen molar-refractivity contribution < 1.29 is 48.7 Å². The van der Waals surface area contributed by atoms with Gasteiger partial charge in [0.25, 0.3) is 0 Å². The molecule has 72 heavy (non-hydrogen) atoms. The van der Waals surface area contributed by atoms with E-state index >= 15 is 0 Å². The van der Waals surface area contributed by atoms with Crippen LogP contribution in [0.1, 0.15) is 316 Å². The molecule has 4 N–H and O–H groups in total. The van der Waals surface area contributed by atoms with E-state index in [-0.39, 0.29) is 44.5 Å². The van der Waals surface area contributed by atoms with Crippen LogP contribution in [0.5, 0.6) is 0 Å². The molecule has 1 aliphatic rings. The molecule has 6 atom stereocenters. The van der Waals surface area contributed by atoms with E-state index in [0.29, 0.717) is 12.8 Å². The van der Waals surface area contributed by atoms with E-state index in [4.69, 9.17) is 18.9 Å². The molecule has 0 spiro atoms. The number of rotatable bonds is 54. The summed E-state index contributed by atoms with van der Waals surface area (Å²) in [5.74, 6) is -0.949. The van der Waals surface area contributed by atoms with Crippen LogP contribution in [-0.4, -0.2) is 89.7 Å². The lowest BCUT2D eigenvalue weighted by Crippen LogP contribution is -2.60. The molecule has 0 bridgehead atoms. The van der Waals surface area contributed by atoms with Gasteiger partial charge in [-0.2, -0.15) is 0 Å². The number of aliphatic hydroxyl groups excluding tert-OH is 3. The number of amides is 1. The summed E-state index contributed by atoms with van der Waals surface area (Å²) in [6, 6.07) is 0. The number of ether oxygens (including phenoxy) is 4. The Morgan fingerprint density at radius 2 is 0.722 bits per heavy atom. The maximum atomic E-state index is 13.1. The largest absolute Gasteiger partial charge is 0.462 e. The molecule has 0 saturated carbocycles. The third kappa shape index (κ3) is 41.5. The molecule has 1 rings (SSSR count). The van der Waals surface area contributed by atoms with Crippen molar-refractivity contribution in [2.75, 3.05) is 19.8 Å². The van der Waals surface area contributed by atoms with Crippen molar-refractivity contribution in [2.45, 2.75) is 353 Å². The Labute approximate surface area is 443 Å². The number of hydrogen-bond acceptors (Lipinski definition) is 10. The van der Waals surface area contributed by atoms with Crippen LogP contribution < -0.4 is 5.32 Å². The molecule has 0 unspecified atom stereocenters. The second-order valence-electron chi connectivity index (χ2n) is 21.8.